The lowest BCUT2D eigenvalue weighted by Crippen LogP contribution is -2.50. The summed E-state index contributed by atoms with van der Waals surface area (Å²) < 4.78 is 0. The van der Waals surface area contributed by atoms with Crippen molar-refractivity contribution in [3.05, 3.63) is 66.2 Å². The molecule has 0 aliphatic heterocycles. The van der Waals surface area contributed by atoms with Crippen molar-refractivity contribution in [1.29, 1.82) is 0 Å². The van der Waals surface area contributed by atoms with Crippen LogP contribution in [0.3, 0.4) is 0 Å². The van der Waals surface area contributed by atoms with Gasteiger partial charge >= 0.3 is 6.03 Å². The number of rotatable bonds is 5. The number of anilines is 1. The molecule has 0 unspecified atom stereocenters. The van der Waals surface area contributed by atoms with E-state index in [1.807, 2.05) is 60.7 Å². The third kappa shape index (κ3) is 4.09. The van der Waals surface area contributed by atoms with Crippen LogP contribution in [0, 0.1) is 0 Å². The molecule has 0 radical (unpaired) electrons. The predicted octanol–water partition coefficient (Wildman–Crippen LogP) is 1.93. The van der Waals surface area contributed by atoms with Crippen molar-refractivity contribution in [2.75, 3.05) is 11.9 Å². The minimum Gasteiger partial charge on any atom is -0.368 e. The van der Waals surface area contributed by atoms with E-state index in [-0.39, 0.29) is 6.03 Å². The van der Waals surface area contributed by atoms with Crippen LogP contribution in [-0.2, 0) is 11.2 Å². The summed E-state index contributed by atoms with van der Waals surface area (Å²) in [5, 5.41) is 2.68. The van der Waals surface area contributed by atoms with Crippen molar-refractivity contribution in [2.24, 2.45) is 5.73 Å². The SMILES string of the molecule is CN(C(=O)N[C@H](Cc1ccccc1)C(N)=O)c1ccccc1. The van der Waals surface area contributed by atoms with Crippen molar-refractivity contribution in [3.8, 4) is 0 Å². The van der Waals surface area contributed by atoms with Crippen LogP contribution < -0.4 is 16.0 Å². The first-order valence-electron chi connectivity index (χ1n) is 7.00. The molecule has 0 saturated carbocycles. The van der Waals surface area contributed by atoms with E-state index >= 15 is 0 Å². The van der Waals surface area contributed by atoms with Gasteiger partial charge in [-0.05, 0) is 17.7 Å². The molecule has 0 heterocycles. The maximum Gasteiger partial charge on any atom is 0.322 e. The first-order chi connectivity index (χ1) is 10.6. The highest BCUT2D eigenvalue weighted by molar-refractivity contribution is 5.94. The Morgan fingerprint density at radius 1 is 1.05 bits per heavy atom. The number of carbonyl (C=O) groups excluding carboxylic acids is 2. The molecule has 22 heavy (non-hydrogen) atoms. The minimum atomic E-state index is -0.749. The Hall–Kier alpha value is -2.82. The maximum absolute atomic E-state index is 12.3. The van der Waals surface area contributed by atoms with E-state index in [2.05, 4.69) is 5.32 Å². The number of hydrogen-bond acceptors (Lipinski definition) is 2. The smallest absolute Gasteiger partial charge is 0.322 e. The van der Waals surface area contributed by atoms with Gasteiger partial charge in [0.05, 0.1) is 0 Å². The molecule has 0 aromatic heterocycles. The largest absolute Gasteiger partial charge is 0.368 e. The Labute approximate surface area is 129 Å². The minimum absolute atomic E-state index is 0.366. The van der Waals surface area contributed by atoms with Crippen molar-refractivity contribution in [2.45, 2.75) is 12.5 Å². The summed E-state index contributed by atoms with van der Waals surface area (Å²) in [6, 6.07) is 17.5. The number of nitrogens with zero attached hydrogens (tertiary/aromatic N) is 1. The van der Waals surface area contributed by atoms with Crippen molar-refractivity contribution < 1.29 is 9.59 Å². The lowest BCUT2D eigenvalue weighted by Gasteiger charge is -2.22. The normalized spacial score (nSPS) is 11.5. The van der Waals surface area contributed by atoms with E-state index < -0.39 is 11.9 Å². The van der Waals surface area contributed by atoms with Crippen LogP contribution in [0.15, 0.2) is 60.7 Å². The number of nitrogens with two attached hydrogens (primary N) is 1. The molecule has 0 aliphatic carbocycles. The van der Waals surface area contributed by atoms with Crippen molar-refractivity contribution in [1.82, 2.24) is 5.32 Å². The summed E-state index contributed by atoms with van der Waals surface area (Å²) in [7, 11) is 1.64. The van der Waals surface area contributed by atoms with E-state index in [0.717, 1.165) is 11.3 Å². The van der Waals surface area contributed by atoms with Crippen LogP contribution in [0.5, 0.6) is 0 Å². The Morgan fingerprint density at radius 2 is 1.59 bits per heavy atom. The monoisotopic (exact) mass is 297 g/mol. The summed E-state index contributed by atoms with van der Waals surface area (Å²) in [6.07, 6.45) is 0.366. The predicted molar refractivity (Wildman–Crippen MR) is 86.5 cm³/mol. The van der Waals surface area contributed by atoms with Crippen LogP contribution in [0.25, 0.3) is 0 Å². The summed E-state index contributed by atoms with van der Waals surface area (Å²) in [4.78, 5) is 25.3. The molecule has 0 fully saturated rings. The number of para-hydroxylation sites is 1. The first-order valence-corrected chi connectivity index (χ1v) is 7.00. The summed E-state index contributed by atoms with van der Waals surface area (Å²) in [5.41, 5.74) is 7.08. The number of primary amides is 1. The molecular formula is C17H19N3O2. The third-order valence-corrected chi connectivity index (χ3v) is 3.37. The lowest BCUT2D eigenvalue weighted by molar-refractivity contribution is -0.119. The quantitative estimate of drug-likeness (QED) is 0.885. The van der Waals surface area contributed by atoms with Crippen LogP contribution in [-0.4, -0.2) is 25.0 Å². The van der Waals surface area contributed by atoms with Crippen molar-refractivity contribution in [3.63, 3.8) is 0 Å². The van der Waals surface area contributed by atoms with Gasteiger partial charge in [-0.1, -0.05) is 48.5 Å². The molecule has 2 aromatic rings. The molecule has 0 saturated heterocycles. The lowest BCUT2D eigenvalue weighted by atomic mass is 10.1. The highest BCUT2D eigenvalue weighted by atomic mass is 16.2. The van der Waals surface area contributed by atoms with Gasteiger partial charge in [-0.15, -0.1) is 0 Å². The highest BCUT2D eigenvalue weighted by Gasteiger charge is 2.21. The summed E-state index contributed by atoms with van der Waals surface area (Å²) >= 11 is 0. The number of carbonyl (C=O) groups is 2. The van der Waals surface area contributed by atoms with Crippen LogP contribution in [0.4, 0.5) is 10.5 Å². The molecule has 114 valence electrons. The Kier molecular flexibility index (Phi) is 5.14. The van der Waals surface area contributed by atoms with Gasteiger partial charge in [0.25, 0.3) is 0 Å². The number of hydrogen-bond donors (Lipinski definition) is 2. The van der Waals surface area contributed by atoms with Gasteiger partial charge in [-0.25, -0.2) is 4.79 Å². The average Bonchev–Trinajstić information content (AvgIpc) is 2.55. The average molecular weight is 297 g/mol. The Balaban J connectivity index is 2.04. The fraction of sp³-hybridized carbons (Fsp3) is 0.176. The zero-order valence-electron chi connectivity index (χ0n) is 12.4. The van der Waals surface area contributed by atoms with E-state index in [1.54, 1.807) is 7.05 Å². The van der Waals surface area contributed by atoms with Gasteiger partial charge in [-0.3, -0.25) is 9.69 Å². The van der Waals surface area contributed by atoms with Gasteiger partial charge in [0, 0.05) is 19.2 Å². The van der Waals surface area contributed by atoms with Gasteiger partial charge < -0.3 is 11.1 Å². The van der Waals surface area contributed by atoms with Gasteiger partial charge in [-0.2, -0.15) is 0 Å². The van der Waals surface area contributed by atoms with Crippen molar-refractivity contribution >= 4 is 17.6 Å². The molecule has 0 aliphatic rings. The van der Waals surface area contributed by atoms with E-state index in [9.17, 15) is 9.59 Å². The summed E-state index contributed by atoms with van der Waals surface area (Å²) in [6.45, 7) is 0. The topological polar surface area (TPSA) is 75.4 Å². The second-order valence-corrected chi connectivity index (χ2v) is 4.99. The molecule has 5 heteroatoms. The first kappa shape index (κ1) is 15.6. The van der Waals surface area contributed by atoms with E-state index in [1.165, 1.54) is 4.90 Å². The standard InChI is InChI=1S/C17H19N3O2/c1-20(14-10-6-3-7-11-14)17(22)19-15(16(18)21)12-13-8-4-2-5-9-13/h2-11,15H,12H2,1H3,(H2,18,21)(H,19,22)/t15-/m1/s1. The molecule has 1 atom stereocenters. The van der Waals surface area contributed by atoms with Gasteiger partial charge in [0.15, 0.2) is 0 Å². The molecule has 3 N–H and O–H groups in total. The Morgan fingerprint density at radius 3 is 2.14 bits per heavy atom. The fourth-order valence-corrected chi connectivity index (χ4v) is 2.09. The summed E-state index contributed by atoms with van der Waals surface area (Å²) in [5.74, 6) is -0.557. The molecular weight excluding hydrogens is 278 g/mol. The molecule has 0 bridgehead atoms. The third-order valence-electron chi connectivity index (χ3n) is 3.37. The van der Waals surface area contributed by atoms with Crippen LogP contribution in [0.2, 0.25) is 0 Å². The highest BCUT2D eigenvalue weighted by Crippen LogP contribution is 2.11. The number of urea groups is 1. The second kappa shape index (κ2) is 7.26. The van der Waals surface area contributed by atoms with Crippen LogP contribution in [0.1, 0.15) is 5.56 Å². The van der Waals surface area contributed by atoms with E-state index in [0.29, 0.717) is 6.42 Å². The number of benzene rings is 2. The Bertz CT molecular complexity index is 629. The second-order valence-electron chi connectivity index (χ2n) is 4.99. The molecule has 2 rings (SSSR count). The molecule has 2 aromatic carbocycles. The van der Waals surface area contributed by atoms with Crippen LogP contribution >= 0.6 is 0 Å². The zero-order valence-corrected chi connectivity index (χ0v) is 12.4. The van der Waals surface area contributed by atoms with Gasteiger partial charge in [0.1, 0.15) is 6.04 Å². The fourth-order valence-electron chi connectivity index (χ4n) is 2.09. The number of amides is 3. The maximum atomic E-state index is 12.3. The zero-order chi connectivity index (χ0) is 15.9. The van der Waals surface area contributed by atoms with Gasteiger partial charge in [0.2, 0.25) is 5.91 Å². The molecule has 0 spiro atoms. The number of nitrogens with one attached hydrogen (secondary N) is 1. The molecule has 3 amide bonds. The molecule has 5 nitrogen and oxygen atoms in total. The van der Waals surface area contributed by atoms with E-state index in [4.69, 9.17) is 5.73 Å².